The second-order valence-corrected chi connectivity index (χ2v) is 9.77. The Balaban J connectivity index is 1.49. The van der Waals surface area contributed by atoms with Crippen molar-refractivity contribution in [2.75, 3.05) is 0 Å². The Bertz CT molecular complexity index is 2310. The second kappa shape index (κ2) is 6.44. The Kier molecular flexibility index (Phi) is 3.31. The van der Waals surface area contributed by atoms with Gasteiger partial charge in [0.15, 0.2) is 0 Å². The first-order valence-corrected chi connectivity index (χ1v) is 12.4. The van der Waals surface area contributed by atoms with Crippen LogP contribution in [0.2, 0.25) is 0 Å². The highest BCUT2D eigenvalue weighted by atomic mass is 16.3. The molecule has 0 unspecified atom stereocenters. The summed E-state index contributed by atoms with van der Waals surface area (Å²) < 4.78 is 8.88. The normalized spacial score (nSPS) is 12.4. The van der Waals surface area contributed by atoms with Gasteiger partial charge in [-0.1, -0.05) is 78.9 Å². The topological polar surface area (TPSA) is 17.6 Å². The molecular weight excluding hydrogens is 438 g/mol. The van der Waals surface area contributed by atoms with Crippen LogP contribution in [0.25, 0.3) is 81.9 Å². The zero-order valence-corrected chi connectivity index (χ0v) is 19.3. The molecule has 2 heteroatoms. The number of aromatic nitrogens is 1. The van der Waals surface area contributed by atoms with Crippen LogP contribution < -0.4 is 0 Å². The van der Waals surface area contributed by atoms with Gasteiger partial charge in [0.2, 0.25) is 0 Å². The lowest BCUT2D eigenvalue weighted by Gasteiger charge is -2.05. The largest absolute Gasteiger partial charge is 0.455 e. The molecular formula is C34H19NO. The zero-order valence-electron chi connectivity index (χ0n) is 19.3. The minimum absolute atomic E-state index is 0.930. The van der Waals surface area contributed by atoms with Gasteiger partial charge in [-0.25, -0.2) is 0 Å². The molecule has 0 fully saturated rings. The van der Waals surface area contributed by atoms with Gasteiger partial charge in [0, 0.05) is 37.9 Å². The molecule has 0 amide bonds. The maximum atomic E-state index is 6.43. The fraction of sp³-hybridized carbons (Fsp3) is 0. The molecule has 0 aliphatic heterocycles. The number of fused-ring (bicyclic) bond motifs is 10. The molecule has 166 valence electrons. The molecule has 0 atom stereocenters. The number of rotatable bonds is 1. The average molecular weight is 458 g/mol. The number of furan rings is 1. The van der Waals surface area contributed by atoms with E-state index in [1.807, 2.05) is 6.07 Å². The zero-order chi connectivity index (χ0) is 23.4. The van der Waals surface area contributed by atoms with E-state index < -0.39 is 0 Å². The Morgan fingerprint density at radius 3 is 2.06 bits per heavy atom. The molecule has 0 saturated heterocycles. The number of para-hydroxylation sites is 3. The fourth-order valence-corrected chi connectivity index (χ4v) is 6.31. The maximum absolute atomic E-state index is 6.43. The predicted molar refractivity (Wildman–Crippen MR) is 151 cm³/mol. The third kappa shape index (κ3) is 2.22. The summed E-state index contributed by atoms with van der Waals surface area (Å²) in [4.78, 5) is 0. The van der Waals surface area contributed by atoms with E-state index in [0.29, 0.717) is 0 Å². The van der Waals surface area contributed by atoms with Crippen LogP contribution in [0.4, 0.5) is 0 Å². The molecule has 36 heavy (non-hydrogen) atoms. The van der Waals surface area contributed by atoms with Gasteiger partial charge in [0.05, 0.1) is 16.6 Å². The maximum Gasteiger partial charge on any atom is 0.143 e. The molecule has 3 aromatic heterocycles. The summed E-state index contributed by atoms with van der Waals surface area (Å²) in [6, 6.07) is 41.6. The predicted octanol–water partition coefficient (Wildman–Crippen LogP) is 9.56. The highest BCUT2D eigenvalue weighted by molar-refractivity contribution is 6.26. The Morgan fingerprint density at radius 1 is 0.472 bits per heavy atom. The minimum atomic E-state index is 0.930. The molecule has 0 N–H and O–H groups in total. The van der Waals surface area contributed by atoms with Crippen molar-refractivity contribution in [3.63, 3.8) is 0 Å². The van der Waals surface area contributed by atoms with E-state index in [2.05, 4.69) is 114 Å². The quantitative estimate of drug-likeness (QED) is 0.240. The first-order valence-electron chi connectivity index (χ1n) is 12.4. The molecule has 9 aromatic rings. The van der Waals surface area contributed by atoms with Crippen LogP contribution in [-0.4, -0.2) is 4.40 Å². The van der Waals surface area contributed by atoms with Crippen LogP contribution in [0.3, 0.4) is 0 Å². The summed E-state index contributed by atoms with van der Waals surface area (Å²) in [5.74, 6) is 0. The van der Waals surface area contributed by atoms with Gasteiger partial charge in [-0.2, -0.15) is 0 Å². The molecule has 0 saturated carbocycles. The van der Waals surface area contributed by atoms with Crippen molar-refractivity contribution in [1.82, 2.24) is 4.40 Å². The lowest BCUT2D eigenvalue weighted by Crippen LogP contribution is -1.80. The molecule has 0 bridgehead atoms. The molecule has 0 aliphatic rings. The van der Waals surface area contributed by atoms with Gasteiger partial charge in [0.25, 0.3) is 0 Å². The van der Waals surface area contributed by atoms with Crippen molar-refractivity contribution in [3.8, 4) is 11.1 Å². The first-order chi connectivity index (χ1) is 17.8. The number of hydrogen-bond donors (Lipinski definition) is 0. The first kappa shape index (κ1) is 18.5. The van der Waals surface area contributed by atoms with Crippen LogP contribution in [0.15, 0.2) is 120 Å². The molecule has 2 nitrogen and oxygen atoms in total. The molecule has 6 aromatic carbocycles. The minimum Gasteiger partial charge on any atom is -0.455 e. The lowest BCUT2D eigenvalue weighted by atomic mass is 9.97. The number of nitrogens with zero attached hydrogens (tertiary/aromatic N) is 1. The van der Waals surface area contributed by atoms with Gasteiger partial charge >= 0.3 is 0 Å². The molecule has 3 heterocycles. The monoisotopic (exact) mass is 457 g/mol. The van der Waals surface area contributed by atoms with E-state index in [4.69, 9.17) is 4.42 Å². The third-order valence-corrected chi connectivity index (χ3v) is 7.88. The van der Waals surface area contributed by atoms with Gasteiger partial charge < -0.3 is 8.82 Å². The summed E-state index contributed by atoms with van der Waals surface area (Å²) in [5.41, 5.74) is 8.00. The van der Waals surface area contributed by atoms with Crippen LogP contribution in [0, 0.1) is 0 Å². The Morgan fingerprint density at radius 2 is 1.17 bits per heavy atom. The van der Waals surface area contributed by atoms with Gasteiger partial charge in [-0.3, -0.25) is 0 Å². The van der Waals surface area contributed by atoms with E-state index in [1.165, 1.54) is 54.4 Å². The Hall–Kier alpha value is -4.82. The Labute approximate surface area is 205 Å². The van der Waals surface area contributed by atoms with Crippen molar-refractivity contribution >= 4 is 70.8 Å². The summed E-state index contributed by atoms with van der Waals surface area (Å²) in [5, 5.41) is 10.00. The number of benzene rings is 6. The SMILES string of the molecule is c1ccc2cc3c(cc2c1)c1cc(-c2cccc4c2oc2ccccc24)cc2c4ccccc4n3c21. The lowest BCUT2D eigenvalue weighted by molar-refractivity contribution is 0.670. The third-order valence-electron chi connectivity index (χ3n) is 7.88. The van der Waals surface area contributed by atoms with Crippen LogP contribution in [-0.2, 0) is 0 Å². The molecule has 0 radical (unpaired) electrons. The highest BCUT2D eigenvalue weighted by Crippen LogP contribution is 2.44. The van der Waals surface area contributed by atoms with Crippen molar-refractivity contribution in [1.29, 1.82) is 0 Å². The van der Waals surface area contributed by atoms with E-state index in [9.17, 15) is 0 Å². The number of hydrogen-bond acceptors (Lipinski definition) is 1. The standard InChI is InChI=1S/C34H19NO/c1-2-9-21-19-31-27(16-20(21)8-1)29-18-22(17-28-24-10-3-5-14-30(24)35(31)33(28)29)23-12-7-13-26-25-11-4-6-15-32(25)36-34(23)26/h1-19H. The van der Waals surface area contributed by atoms with Crippen molar-refractivity contribution < 1.29 is 4.42 Å². The van der Waals surface area contributed by atoms with Gasteiger partial charge in [-0.15, -0.1) is 0 Å². The molecule has 0 spiro atoms. The van der Waals surface area contributed by atoms with Crippen molar-refractivity contribution in [2.24, 2.45) is 0 Å². The van der Waals surface area contributed by atoms with Gasteiger partial charge in [0.1, 0.15) is 11.2 Å². The highest BCUT2D eigenvalue weighted by Gasteiger charge is 2.20. The van der Waals surface area contributed by atoms with Gasteiger partial charge in [-0.05, 0) is 52.7 Å². The molecule has 0 aliphatic carbocycles. The van der Waals surface area contributed by atoms with E-state index in [-0.39, 0.29) is 0 Å². The fourth-order valence-electron chi connectivity index (χ4n) is 6.31. The smallest absolute Gasteiger partial charge is 0.143 e. The average Bonchev–Trinajstić information content (AvgIpc) is 3.58. The summed E-state index contributed by atoms with van der Waals surface area (Å²) in [7, 11) is 0. The van der Waals surface area contributed by atoms with E-state index in [1.54, 1.807) is 0 Å². The van der Waals surface area contributed by atoms with Crippen LogP contribution >= 0.6 is 0 Å². The van der Waals surface area contributed by atoms with Crippen LogP contribution in [0.5, 0.6) is 0 Å². The summed E-state index contributed by atoms with van der Waals surface area (Å²) in [6.45, 7) is 0. The van der Waals surface area contributed by atoms with E-state index in [0.717, 1.165) is 27.5 Å². The summed E-state index contributed by atoms with van der Waals surface area (Å²) in [6.07, 6.45) is 0. The second-order valence-electron chi connectivity index (χ2n) is 9.77. The van der Waals surface area contributed by atoms with E-state index >= 15 is 0 Å². The van der Waals surface area contributed by atoms with Crippen molar-refractivity contribution in [3.05, 3.63) is 115 Å². The van der Waals surface area contributed by atoms with Crippen molar-refractivity contribution in [2.45, 2.75) is 0 Å². The van der Waals surface area contributed by atoms with Crippen LogP contribution in [0.1, 0.15) is 0 Å². The summed E-state index contributed by atoms with van der Waals surface area (Å²) >= 11 is 0. The molecule has 9 rings (SSSR count).